The van der Waals surface area contributed by atoms with Crippen LogP contribution in [0.25, 0.3) is 16.9 Å². The molecule has 0 aliphatic carbocycles. The van der Waals surface area contributed by atoms with Crippen molar-refractivity contribution in [2.45, 2.75) is 31.3 Å². The van der Waals surface area contributed by atoms with E-state index >= 15 is 4.39 Å². The lowest BCUT2D eigenvalue weighted by atomic mass is 9.92. The quantitative estimate of drug-likeness (QED) is 0.430. The van der Waals surface area contributed by atoms with Gasteiger partial charge in [0, 0.05) is 23.4 Å². The summed E-state index contributed by atoms with van der Waals surface area (Å²) in [7, 11) is 0. The van der Waals surface area contributed by atoms with Crippen LogP contribution in [0.2, 0.25) is 5.02 Å². The van der Waals surface area contributed by atoms with Gasteiger partial charge in [0.25, 0.3) is 0 Å². The van der Waals surface area contributed by atoms with Crippen molar-refractivity contribution in [1.82, 2.24) is 40.1 Å². The lowest BCUT2D eigenvalue weighted by molar-refractivity contribution is -0.135. The van der Waals surface area contributed by atoms with Crippen LogP contribution < -0.4 is 5.32 Å². The smallest absolute Gasteiger partial charge is 0.247 e. The van der Waals surface area contributed by atoms with Crippen molar-refractivity contribution < 1.29 is 14.0 Å². The van der Waals surface area contributed by atoms with Gasteiger partial charge < -0.3 is 10.2 Å². The molecule has 2 unspecified atom stereocenters. The molecule has 37 heavy (non-hydrogen) atoms. The standard InChI is InChI=1S/C24H19ClFN9O2/c25-18-6-8-19(34-13-28-30-32-34)22(23(18)26)14-11-17-5-7-20(35(17)21(36)12-14)24(37)29-15-1-3-16(4-2-15)33-10-9-27-31-33/h1-4,6,8-10,12-13,17,20H,5,7,11H2,(H,29,37). The van der Waals surface area contributed by atoms with Crippen LogP contribution in [0.3, 0.4) is 0 Å². The van der Waals surface area contributed by atoms with Gasteiger partial charge in [-0.05, 0) is 71.7 Å². The van der Waals surface area contributed by atoms with Crippen LogP contribution in [-0.2, 0) is 9.59 Å². The van der Waals surface area contributed by atoms with E-state index in [9.17, 15) is 9.59 Å². The van der Waals surface area contributed by atoms with Gasteiger partial charge in [-0.1, -0.05) is 16.8 Å². The molecule has 2 aromatic carbocycles. The molecule has 2 aromatic heterocycles. The van der Waals surface area contributed by atoms with Gasteiger partial charge in [-0.2, -0.15) is 4.68 Å². The Labute approximate surface area is 214 Å². The Morgan fingerprint density at radius 1 is 1.05 bits per heavy atom. The second-order valence-corrected chi connectivity index (χ2v) is 9.17. The Balaban J connectivity index is 1.23. The van der Waals surface area contributed by atoms with Gasteiger partial charge >= 0.3 is 0 Å². The predicted octanol–water partition coefficient (Wildman–Crippen LogP) is 2.82. The van der Waals surface area contributed by atoms with E-state index in [0.29, 0.717) is 36.2 Å². The second-order valence-electron chi connectivity index (χ2n) is 8.76. The molecule has 1 saturated heterocycles. The van der Waals surface area contributed by atoms with Crippen LogP contribution in [0.1, 0.15) is 24.8 Å². The molecule has 6 rings (SSSR count). The molecule has 2 amide bonds. The van der Waals surface area contributed by atoms with E-state index in [1.165, 1.54) is 23.2 Å². The van der Waals surface area contributed by atoms with Crippen molar-refractivity contribution in [2.24, 2.45) is 0 Å². The minimum atomic E-state index is -0.649. The summed E-state index contributed by atoms with van der Waals surface area (Å²) in [6.45, 7) is 0. The van der Waals surface area contributed by atoms with Crippen LogP contribution >= 0.6 is 11.6 Å². The van der Waals surface area contributed by atoms with Crippen molar-refractivity contribution in [3.8, 4) is 11.4 Å². The second kappa shape index (κ2) is 9.21. The third kappa shape index (κ3) is 4.14. The molecule has 2 atom stereocenters. The Hall–Kier alpha value is -4.45. The highest BCUT2D eigenvalue weighted by atomic mass is 35.5. The highest BCUT2D eigenvalue weighted by molar-refractivity contribution is 6.31. The van der Waals surface area contributed by atoms with Crippen LogP contribution in [-0.4, -0.2) is 64.0 Å². The summed E-state index contributed by atoms with van der Waals surface area (Å²) in [6, 6.07) is 9.29. The molecule has 1 N–H and O–H groups in total. The van der Waals surface area contributed by atoms with Gasteiger partial charge in [-0.3, -0.25) is 9.59 Å². The molecule has 2 aliphatic rings. The lowest BCUT2D eigenvalue weighted by Crippen LogP contribution is -2.48. The summed E-state index contributed by atoms with van der Waals surface area (Å²) in [4.78, 5) is 28.0. The molecule has 4 aromatic rings. The molecular formula is C24H19ClFN9O2. The number of nitrogens with zero attached hydrogens (tertiary/aromatic N) is 8. The molecule has 2 aliphatic heterocycles. The summed E-state index contributed by atoms with van der Waals surface area (Å²) >= 11 is 6.08. The molecule has 0 bridgehead atoms. The average Bonchev–Trinajstić information content (AvgIpc) is 3.68. The van der Waals surface area contributed by atoms with Gasteiger partial charge in [0.1, 0.15) is 12.4 Å². The first-order chi connectivity index (χ1) is 18.0. The summed E-state index contributed by atoms with van der Waals surface area (Å²) in [5.41, 5.74) is 2.44. The fourth-order valence-corrected chi connectivity index (χ4v) is 5.12. The fourth-order valence-electron chi connectivity index (χ4n) is 4.96. The molecule has 4 heterocycles. The van der Waals surface area contributed by atoms with Crippen LogP contribution in [0, 0.1) is 5.82 Å². The molecule has 11 nitrogen and oxygen atoms in total. The first-order valence-electron chi connectivity index (χ1n) is 11.5. The SMILES string of the molecule is O=C(Nc1ccc(-n2ccnn2)cc1)C1CCC2CC(c3c(-n4cnnn4)ccc(Cl)c3F)=CC(=O)N21. The zero-order valence-electron chi connectivity index (χ0n) is 19.2. The molecule has 0 spiro atoms. The number of fused-ring (bicyclic) bond motifs is 1. The van der Waals surface area contributed by atoms with Crippen LogP contribution in [0.15, 0.2) is 61.2 Å². The Kier molecular flexibility index (Phi) is 5.72. The normalized spacial score (nSPS) is 19.0. The largest absolute Gasteiger partial charge is 0.324 e. The topological polar surface area (TPSA) is 124 Å². The number of nitrogens with one attached hydrogen (secondary N) is 1. The summed E-state index contributed by atoms with van der Waals surface area (Å²) in [6.07, 6.45) is 7.49. The zero-order valence-corrected chi connectivity index (χ0v) is 20.0. The van der Waals surface area contributed by atoms with Gasteiger partial charge in [-0.25, -0.2) is 9.07 Å². The average molecular weight is 520 g/mol. The molecule has 0 saturated carbocycles. The molecule has 1 fully saturated rings. The number of hydrogen-bond donors (Lipinski definition) is 1. The molecule has 13 heteroatoms. The third-order valence-corrected chi connectivity index (χ3v) is 6.92. The number of hydrogen-bond acceptors (Lipinski definition) is 7. The van der Waals surface area contributed by atoms with Crippen LogP contribution in [0.5, 0.6) is 0 Å². The first kappa shape index (κ1) is 23.0. The number of carbonyl (C=O) groups excluding carboxylic acids is 2. The van der Waals surface area contributed by atoms with E-state index in [-0.39, 0.29) is 28.4 Å². The van der Waals surface area contributed by atoms with Crippen molar-refractivity contribution in [3.05, 3.63) is 77.6 Å². The van der Waals surface area contributed by atoms with Gasteiger partial charge in [0.2, 0.25) is 11.8 Å². The fraction of sp³-hybridized carbons (Fsp3) is 0.208. The van der Waals surface area contributed by atoms with E-state index in [4.69, 9.17) is 11.6 Å². The maximum absolute atomic E-state index is 15.2. The Morgan fingerprint density at radius 2 is 1.89 bits per heavy atom. The number of tetrazole rings is 1. The van der Waals surface area contributed by atoms with Crippen molar-refractivity contribution in [2.75, 3.05) is 5.32 Å². The van der Waals surface area contributed by atoms with E-state index < -0.39 is 11.9 Å². The van der Waals surface area contributed by atoms with Crippen molar-refractivity contribution >= 4 is 34.7 Å². The van der Waals surface area contributed by atoms with Gasteiger partial charge in [0.15, 0.2) is 5.82 Å². The molecular weight excluding hydrogens is 501 g/mol. The Bertz CT molecular complexity index is 1500. The number of amides is 2. The van der Waals surface area contributed by atoms with Crippen LogP contribution in [0.4, 0.5) is 10.1 Å². The highest BCUT2D eigenvalue weighted by Crippen LogP contribution is 2.40. The monoisotopic (exact) mass is 519 g/mol. The van der Waals surface area contributed by atoms with Gasteiger partial charge in [0.05, 0.1) is 28.8 Å². The summed E-state index contributed by atoms with van der Waals surface area (Å²) < 4.78 is 18.2. The van der Waals surface area contributed by atoms with E-state index in [1.807, 2.05) is 12.1 Å². The molecule has 0 radical (unpaired) electrons. The van der Waals surface area contributed by atoms with Crippen molar-refractivity contribution in [3.63, 3.8) is 0 Å². The molecule has 186 valence electrons. The minimum absolute atomic E-state index is 0.0684. The van der Waals surface area contributed by atoms with E-state index in [1.54, 1.807) is 40.2 Å². The minimum Gasteiger partial charge on any atom is -0.324 e. The number of aromatic nitrogens is 7. The summed E-state index contributed by atoms with van der Waals surface area (Å²) in [5, 5.41) is 21.6. The number of carbonyl (C=O) groups is 2. The number of benzene rings is 2. The Morgan fingerprint density at radius 3 is 2.62 bits per heavy atom. The maximum atomic E-state index is 15.2. The lowest BCUT2D eigenvalue weighted by Gasteiger charge is -2.33. The first-order valence-corrected chi connectivity index (χ1v) is 11.9. The van der Waals surface area contributed by atoms with Crippen molar-refractivity contribution in [1.29, 1.82) is 0 Å². The van der Waals surface area contributed by atoms with E-state index in [0.717, 1.165) is 5.69 Å². The zero-order chi connectivity index (χ0) is 25.5. The summed E-state index contributed by atoms with van der Waals surface area (Å²) in [5.74, 6) is -1.28. The van der Waals surface area contributed by atoms with Gasteiger partial charge in [-0.15, -0.1) is 10.2 Å². The number of rotatable bonds is 5. The maximum Gasteiger partial charge on any atom is 0.247 e. The van der Waals surface area contributed by atoms with E-state index in [2.05, 4.69) is 31.2 Å². The predicted molar refractivity (Wildman–Crippen MR) is 130 cm³/mol. The third-order valence-electron chi connectivity index (χ3n) is 6.62. The number of anilines is 1. The highest BCUT2D eigenvalue weighted by Gasteiger charge is 2.43. The number of halogens is 2.